The van der Waals surface area contributed by atoms with Crippen molar-refractivity contribution in [2.75, 3.05) is 13.3 Å². The van der Waals surface area contributed by atoms with Gasteiger partial charge in [0.05, 0.1) is 18.9 Å². The van der Waals surface area contributed by atoms with Crippen LogP contribution in [0.15, 0.2) is 0 Å². The van der Waals surface area contributed by atoms with Crippen molar-refractivity contribution in [3.05, 3.63) is 0 Å². The van der Waals surface area contributed by atoms with Crippen LogP contribution in [-0.2, 0) is 14.3 Å². The molecule has 94 valence electrons. The summed E-state index contributed by atoms with van der Waals surface area (Å²) in [5, 5.41) is 3.24. The van der Waals surface area contributed by atoms with E-state index in [4.69, 9.17) is 9.47 Å². The van der Waals surface area contributed by atoms with Gasteiger partial charge in [0.25, 0.3) is 0 Å². The molecule has 1 heterocycles. The van der Waals surface area contributed by atoms with Crippen molar-refractivity contribution in [2.24, 2.45) is 11.8 Å². The van der Waals surface area contributed by atoms with Gasteiger partial charge in [-0.05, 0) is 26.7 Å². The molecule has 0 saturated carbocycles. The highest BCUT2D eigenvalue weighted by atomic mass is 16.5. The Balaban J connectivity index is 2.88. The highest BCUT2D eigenvalue weighted by molar-refractivity contribution is 5.75. The Kier molecular flexibility index (Phi) is 4.33. The molecule has 1 aliphatic rings. The summed E-state index contributed by atoms with van der Waals surface area (Å²) in [6.07, 6.45) is 0. The molecule has 1 N–H and O–H groups in total. The molecule has 1 rings (SSSR count). The normalized spacial score (nSPS) is 29.1. The van der Waals surface area contributed by atoms with Crippen LogP contribution >= 0.6 is 0 Å². The first kappa shape index (κ1) is 13.5. The SMILES string of the molecule is CCOC(=O)C1C(C(C)C)NCOC1(C)C. The van der Waals surface area contributed by atoms with E-state index < -0.39 is 5.60 Å². The largest absolute Gasteiger partial charge is 0.466 e. The molecule has 0 spiro atoms. The highest BCUT2D eigenvalue weighted by Gasteiger charge is 2.46. The minimum Gasteiger partial charge on any atom is -0.466 e. The lowest BCUT2D eigenvalue weighted by Crippen LogP contribution is -2.60. The molecule has 0 amide bonds. The highest BCUT2D eigenvalue weighted by Crippen LogP contribution is 2.32. The first-order chi connectivity index (χ1) is 7.40. The molecule has 4 heteroatoms. The molecule has 0 aromatic heterocycles. The Labute approximate surface area is 97.7 Å². The number of rotatable bonds is 3. The van der Waals surface area contributed by atoms with E-state index in [1.54, 1.807) is 0 Å². The molecule has 2 unspecified atom stereocenters. The first-order valence-corrected chi connectivity index (χ1v) is 5.94. The van der Waals surface area contributed by atoms with Crippen LogP contribution in [0.1, 0.15) is 34.6 Å². The third kappa shape index (κ3) is 2.74. The van der Waals surface area contributed by atoms with Crippen LogP contribution in [0.5, 0.6) is 0 Å². The lowest BCUT2D eigenvalue weighted by Gasteiger charge is -2.44. The Morgan fingerprint density at radius 2 is 2.19 bits per heavy atom. The zero-order valence-electron chi connectivity index (χ0n) is 10.9. The Morgan fingerprint density at radius 1 is 1.56 bits per heavy atom. The van der Waals surface area contributed by atoms with Crippen molar-refractivity contribution in [1.29, 1.82) is 0 Å². The van der Waals surface area contributed by atoms with Gasteiger partial charge >= 0.3 is 5.97 Å². The second-order valence-corrected chi connectivity index (χ2v) is 5.10. The van der Waals surface area contributed by atoms with Crippen molar-refractivity contribution in [3.8, 4) is 0 Å². The van der Waals surface area contributed by atoms with Gasteiger partial charge in [-0.2, -0.15) is 0 Å². The second-order valence-electron chi connectivity index (χ2n) is 5.10. The zero-order valence-corrected chi connectivity index (χ0v) is 10.9. The Morgan fingerprint density at radius 3 is 2.69 bits per heavy atom. The molecule has 0 bridgehead atoms. The van der Waals surface area contributed by atoms with Gasteiger partial charge in [0.1, 0.15) is 5.92 Å². The van der Waals surface area contributed by atoms with E-state index in [0.717, 1.165) is 0 Å². The van der Waals surface area contributed by atoms with Gasteiger partial charge < -0.3 is 9.47 Å². The average molecular weight is 229 g/mol. The van der Waals surface area contributed by atoms with Gasteiger partial charge in [0, 0.05) is 6.04 Å². The van der Waals surface area contributed by atoms with Gasteiger partial charge in [-0.1, -0.05) is 13.8 Å². The van der Waals surface area contributed by atoms with Crippen LogP contribution in [0.4, 0.5) is 0 Å². The van der Waals surface area contributed by atoms with Gasteiger partial charge in [0.15, 0.2) is 0 Å². The van der Waals surface area contributed by atoms with E-state index in [1.807, 2.05) is 20.8 Å². The summed E-state index contributed by atoms with van der Waals surface area (Å²) in [5.41, 5.74) is -0.466. The Bertz CT molecular complexity index is 251. The van der Waals surface area contributed by atoms with Gasteiger partial charge in [0.2, 0.25) is 0 Å². The maximum atomic E-state index is 12.0. The summed E-state index contributed by atoms with van der Waals surface area (Å²) in [4.78, 5) is 12.0. The fourth-order valence-corrected chi connectivity index (χ4v) is 2.25. The second kappa shape index (κ2) is 5.15. The van der Waals surface area contributed by atoms with Crippen molar-refractivity contribution in [1.82, 2.24) is 5.32 Å². The number of hydrogen-bond acceptors (Lipinski definition) is 4. The lowest BCUT2D eigenvalue weighted by atomic mass is 9.78. The topological polar surface area (TPSA) is 47.6 Å². The van der Waals surface area contributed by atoms with E-state index in [9.17, 15) is 4.79 Å². The van der Waals surface area contributed by atoms with Crippen molar-refractivity contribution in [2.45, 2.75) is 46.3 Å². The smallest absolute Gasteiger partial charge is 0.313 e. The quantitative estimate of drug-likeness (QED) is 0.746. The number of nitrogens with one attached hydrogen (secondary N) is 1. The van der Waals surface area contributed by atoms with E-state index in [2.05, 4.69) is 19.2 Å². The number of carbonyl (C=O) groups excluding carboxylic acids is 1. The van der Waals surface area contributed by atoms with Crippen molar-refractivity contribution >= 4 is 5.97 Å². The molecular formula is C12H23NO3. The van der Waals surface area contributed by atoms with Crippen LogP contribution in [0.2, 0.25) is 0 Å². The average Bonchev–Trinajstić information content (AvgIpc) is 2.15. The molecule has 16 heavy (non-hydrogen) atoms. The standard InChI is InChI=1S/C12H23NO3/c1-6-15-11(14)9-10(8(2)3)13-7-16-12(9,4)5/h8-10,13H,6-7H2,1-5H3. The summed E-state index contributed by atoms with van der Waals surface area (Å²) in [6.45, 7) is 10.8. The predicted octanol–water partition coefficient (Wildman–Crippen LogP) is 1.55. The third-order valence-electron chi connectivity index (χ3n) is 3.13. The van der Waals surface area contributed by atoms with E-state index >= 15 is 0 Å². The molecule has 0 aliphatic carbocycles. The van der Waals surface area contributed by atoms with Gasteiger partial charge in [-0.15, -0.1) is 0 Å². The molecular weight excluding hydrogens is 206 g/mol. The van der Waals surface area contributed by atoms with Crippen LogP contribution in [0, 0.1) is 11.8 Å². The zero-order chi connectivity index (χ0) is 12.3. The fourth-order valence-electron chi connectivity index (χ4n) is 2.25. The molecule has 1 fully saturated rings. The lowest BCUT2D eigenvalue weighted by molar-refractivity contribution is -0.176. The maximum absolute atomic E-state index is 12.0. The Hall–Kier alpha value is -0.610. The first-order valence-electron chi connectivity index (χ1n) is 5.94. The number of esters is 1. The molecule has 1 aliphatic heterocycles. The molecule has 0 radical (unpaired) electrons. The van der Waals surface area contributed by atoms with E-state index in [-0.39, 0.29) is 17.9 Å². The fraction of sp³-hybridized carbons (Fsp3) is 0.917. The maximum Gasteiger partial charge on any atom is 0.313 e. The minimum absolute atomic E-state index is 0.114. The minimum atomic E-state index is -0.466. The third-order valence-corrected chi connectivity index (χ3v) is 3.13. The van der Waals surface area contributed by atoms with Gasteiger partial charge in [-0.25, -0.2) is 0 Å². The molecule has 2 atom stereocenters. The molecule has 0 aromatic carbocycles. The monoisotopic (exact) mass is 229 g/mol. The van der Waals surface area contributed by atoms with Crippen LogP contribution in [0.25, 0.3) is 0 Å². The molecule has 0 aromatic rings. The summed E-state index contributed by atoms with van der Waals surface area (Å²) < 4.78 is 10.8. The molecule has 1 saturated heterocycles. The number of carbonyl (C=O) groups is 1. The summed E-state index contributed by atoms with van der Waals surface area (Å²) in [5.74, 6) is -0.0443. The number of ether oxygens (including phenoxy) is 2. The number of hydrogen-bond donors (Lipinski definition) is 1. The van der Waals surface area contributed by atoms with Gasteiger partial charge in [-0.3, -0.25) is 10.1 Å². The van der Waals surface area contributed by atoms with Crippen molar-refractivity contribution < 1.29 is 14.3 Å². The van der Waals surface area contributed by atoms with Crippen molar-refractivity contribution in [3.63, 3.8) is 0 Å². The van der Waals surface area contributed by atoms with E-state index in [1.165, 1.54) is 0 Å². The van der Waals surface area contributed by atoms with Crippen LogP contribution < -0.4 is 5.32 Å². The van der Waals surface area contributed by atoms with Crippen LogP contribution in [0.3, 0.4) is 0 Å². The van der Waals surface area contributed by atoms with Crippen LogP contribution in [-0.4, -0.2) is 30.9 Å². The predicted molar refractivity (Wildman–Crippen MR) is 61.9 cm³/mol. The van der Waals surface area contributed by atoms with E-state index in [0.29, 0.717) is 19.3 Å². The summed E-state index contributed by atoms with van der Waals surface area (Å²) >= 11 is 0. The summed E-state index contributed by atoms with van der Waals surface area (Å²) in [7, 11) is 0. The molecule has 4 nitrogen and oxygen atoms in total. The summed E-state index contributed by atoms with van der Waals surface area (Å²) in [6, 6.07) is 0.114.